The maximum atomic E-state index is 13.1. The van der Waals surface area contributed by atoms with Crippen LogP contribution < -0.4 is 15.4 Å². The van der Waals surface area contributed by atoms with E-state index < -0.39 is 17.6 Å². The lowest BCUT2D eigenvalue weighted by Gasteiger charge is -2.34. The molecule has 2 aromatic carbocycles. The number of aliphatic hydroxyl groups excluding tert-OH is 1. The summed E-state index contributed by atoms with van der Waals surface area (Å²) >= 11 is 0. The van der Waals surface area contributed by atoms with Crippen LogP contribution >= 0.6 is 0 Å². The van der Waals surface area contributed by atoms with E-state index in [-0.39, 0.29) is 18.2 Å². The van der Waals surface area contributed by atoms with Gasteiger partial charge in [-0.3, -0.25) is 9.59 Å². The molecule has 7 nitrogen and oxygen atoms in total. The molecule has 0 aliphatic carbocycles. The van der Waals surface area contributed by atoms with Gasteiger partial charge in [0.2, 0.25) is 11.8 Å². The average molecular weight is 496 g/mol. The molecule has 0 spiro atoms. The number of amides is 2. The number of likely N-dealkylation sites (tertiary alicyclic amines) is 1. The zero-order valence-corrected chi connectivity index (χ0v) is 21.8. The predicted octanol–water partition coefficient (Wildman–Crippen LogP) is 3.30. The highest BCUT2D eigenvalue weighted by Crippen LogP contribution is 2.26. The van der Waals surface area contributed by atoms with Crippen molar-refractivity contribution in [2.45, 2.75) is 64.6 Å². The Balaban J connectivity index is 1.60. The van der Waals surface area contributed by atoms with E-state index >= 15 is 0 Å². The third kappa shape index (κ3) is 8.35. The first kappa shape index (κ1) is 27.7. The summed E-state index contributed by atoms with van der Waals surface area (Å²) < 4.78 is 5.27. The van der Waals surface area contributed by atoms with Crippen LogP contribution in [0.4, 0.5) is 0 Å². The number of hydrogen-bond acceptors (Lipinski definition) is 5. The zero-order valence-electron chi connectivity index (χ0n) is 21.8. The van der Waals surface area contributed by atoms with Gasteiger partial charge in [-0.15, -0.1) is 0 Å². The van der Waals surface area contributed by atoms with Crippen LogP contribution in [0.5, 0.6) is 5.75 Å². The summed E-state index contributed by atoms with van der Waals surface area (Å²) in [5.41, 5.74) is 1.27. The number of nitrogens with zero attached hydrogens (tertiary/aromatic N) is 1. The van der Waals surface area contributed by atoms with E-state index in [1.165, 1.54) is 0 Å². The van der Waals surface area contributed by atoms with E-state index in [9.17, 15) is 14.7 Å². The number of carbonyl (C=O) groups excluding carboxylic acids is 2. The van der Waals surface area contributed by atoms with Crippen LogP contribution in [-0.4, -0.2) is 60.7 Å². The number of piperidine rings is 1. The van der Waals surface area contributed by atoms with E-state index in [1.54, 1.807) is 7.11 Å². The standard InChI is InChI=1S/C29H41N3O4/c1-29(2,28(35)32-15-8-5-9-16-32)19-27(34)31-25(18-22-11-6-4-7-12-22)26(33)21-30-20-23-13-10-14-24(17-23)36-3/h4,6-7,10-14,17,25-26,30,33H,5,8-9,15-16,18-21H2,1-3H3,(H,31,34)/t25-,26+/m0/s1. The third-order valence-electron chi connectivity index (χ3n) is 6.75. The fourth-order valence-electron chi connectivity index (χ4n) is 4.70. The van der Waals surface area contributed by atoms with Crippen LogP contribution in [0.25, 0.3) is 0 Å². The molecule has 3 rings (SSSR count). The van der Waals surface area contributed by atoms with Crippen molar-refractivity contribution >= 4 is 11.8 Å². The topological polar surface area (TPSA) is 90.9 Å². The summed E-state index contributed by atoms with van der Waals surface area (Å²) in [7, 11) is 1.63. The van der Waals surface area contributed by atoms with E-state index in [2.05, 4.69) is 10.6 Å². The average Bonchev–Trinajstić information content (AvgIpc) is 2.88. The molecule has 7 heteroatoms. The normalized spacial score (nSPS) is 15.7. The SMILES string of the molecule is COc1cccc(CNC[C@@H](O)[C@H](Cc2ccccc2)NC(=O)CC(C)(C)C(=O)N2CCCCC2)c1. The van der Waals surface area contributed by atoms with Crippen LogP contribution in [0.3, 0.4) is 0 Å². The number of carbonyl (C=O) groups is 2. The Morgan fingerprint density at radius 3 is 2.42 bits per heavy atom. The summed E-state index contributed by atoms with van der Waals surface area (Å²) in [6.07, 6.45) is 2.95. The highest BCUT2D eigenvalue weighted by molar-refractivity contribution is 5.88. The molecule has 2 atom stereocenters. The molecule has 36 heavy (non-hydrogen) atoms. The third-order valence-corrected chi connectivity index (χ3v) is 6.75. The lowest BCUT2D eigenvalue weighted by molar-refractivity contribution is -0.144. The minimum atomic E-state index is -0.805. The maximum Gasteiger partial charge on any atom is 0.228 e. The summed E-state index contributed by atoms with van der Waals surface area (Å²) in [4.78, 5) is 28.0. The first-order chi connectivity index (χ1) is 17.3. The molecule has 2 aromatic rings. The van der Waals surface area contributed by atoms with Crippen LogP contribution in [0.2, 0.25) is 0 Å². The molecule has 0 bridgehead atoms. The largest absolute Gasteiger partial charge is 0.497 e. The van der Waals surface area contributed by atoms with Gasteiger partial charge in [0, 0.05) is 32.6 Å². The van der Waals surface area contributed by atoms with Gasteiger partial charge in [-0.25, -0.2) is 0 Å². The number of methoxy groups -OCH3 is 1. The van der Waals surface area contributed by atoms with Gasteiger partial charge in [0.05, 0.1) is 24.7 Å². The van der Waals surface area contributed by atoms with Crippen molar-refractivity contribution in [3.63, 3.8) is 0 Å². The van der Waals surface area contributed by atoms with E-state index in [4.69, 9.17) is 4.74 Å². The van der Waals surface area contributed by atoms with Gasteiger partial charge < -0.3 is 25.4 Å². The Labute approximate surface area is 215 Å². The molecule has 0 radical (unpaired) electrons. The molecule has 1 heterocycles. The number of ether oxygens (including phenoxy) is 1. The Bertz CT molecular complexity index is 973. The van der Waals surface area contributed by atoms with Gasteiger partial charge in [0.15, 0.2) is 0 Å². The fourth-order valence-corrected chi connectivity index (χ4v) is 4.70. The highest BCUT2D eigenvalue weighted by Gasteiger charge is 2.35. The summed E-state index contributed by atoms with van der Waals surface area (Å²) in [5, 5.41) is 17.3. The first-order valence-electron chi connectivity index (χ1n) is 12.9. The summed E-state index contributed by atoms with van der Waals surface area (Å²) in [5.74, 6) is 0.585. The lowest BCUT2D eigenvalue weighted by atomic mass is 9.86. The van der Waals surface area contributed by atoms with Crippen molar-refractivity contribution in [3.8, 4) is 5.75 Å². The van der Waals surface area contributed by atoms with Crippen molar-refractivity contribution in [3.05, 3.63) is 65.7 Å². The van der Waals surface area contributed by atoms with Crippen molar-refractivity contribution in [2.75, 3.05) is 26.7 Å². The molecular weight excluding hydrogens is 454 g/mol. The van der Waals surface area contributed by atoms with Crippen LogP contribution in [0, 0.1) is 5.41 Å². The molecule has 0 aromatic heterocycles. The molecule has 0 unspecified atom stereocenters. The number of benzene rings is 2. The van der Waals surface area contributed by atoms with Crippen LogP contribution in [0.15, 0.2) is 54.6 Å². The number of nitrogens with one attached hydrogen (secondary N) is 2. The molecule has 1 aliphatic heterocycles. The van der Waals surface area contributed by atoms with Crippen LogP contribution in [-0.2, 0) is 22.6 Å². The monoisotopic (exact) mass is 495 g/mol. The van der Waals surface area contributed by atoms with Gasteiger partial charge in [-0.1, -0.05) is 56.3 Å². The Morgan fingerprint density at radius 1 is 1.03 bits per heavy atom. The van der Waals surface area contributed by atoms with E-state index in [0.29, 0.717) is 19.5 Å². The van der Waals surface area contributed by atoms with Gasteiger partial charge >= 0.3 is 0 Å². The smallest absolute Gasteiger partial charge is 0.228 e. The molecule has 2 amide bonds. The molecule has 1 saturated heterocycles. The summed E-state index contributed by atoms with van der Waals surface area (Å²) in [6, 6.07) is 17.1. The molecule has 1 fully saturated rings. The molecular formula is C29H41N3O4. The number of aliphatic hydroxyl groups is 1. The Kier molecular flexibility index (Phi) is 10.3. The Morgan fingerprint density at radius 2 is 1.72 bits per heavy atom. The predicted molar refractivity (Wildman–Crippen MR) is 142 cm³/mol. The Hall–Kier alpha value is -2.90. The number of rotatable bonds is 12. The van der Waals surface area contributed by atoms with E-state index in [0.717, 1.165) is 49.2 Å². The van der Waals surface area contributed by atoms with Gasteiger partial charge in [-0.2, -0.15) is 0 Å². The van der Waals surface area contributed by atoms with Gasteiger partial charge in [-0.05, 0) is 48.9 Å². The second kappa shape index (κ2) is 13.4. The highest BCUT2D eigenvalue weighted by atomic mass is 16.5. The molecule has 196 valence electrons. The zero-order chi connectivity index (χ0) is 26.0. The van der Waals surface area contributed by atoms with Crippen molar-refractivity contribution < 1.29 is 19.4 Å². The maximum absolute atomic E-state index is 13.1. The second-order valence-electron chi connectivity index (χ2n) is 10.3. The van der Waals surface area contributed by atoms with Crippen molar-refractivity contribution in [2.24, 2.45) is 5.41 Å². The minimum absolute atomic E-state index is 0.0254. The van der Waals surface area contributed by atoms with Gasteiger partial charge in [0.1, 0.15) is 5.75 Å². The minimum Gasteiger partial charge on any atom is -0.497 e. The number of hydrogen-bond donors (Lipinski definition) is 3. The fraction of sp³-hybridized carbons (Fsp3) is 0.517. The molecule has 1 aliphatic rings. The van der Waals surface area contributed by atoms with Crippen molar-refractivity contribution in [1.29, 1.82) is 0 Å². The first-order valence-corrected chi connectivity index (χ1v) is 12.9. The van der Waals surface area contributed by atoms with Gasteiger partial charge in [0.25, 0.3) is 0 Å². The molecule has 0 saturated carbocycles. The summed E-state index contributed by atoms with van der Waals surface area (Å²) in [6.45, 7) is 6.07. The van der Waals surface area contributed by atoms with E-state index in [1.807, 2.05) is 73.3 Å². The van der Waals surface area contributed by atoms with Crippen LogP contribution in [0.1, 0.15) is 50.7 Å². The van der Waals surface area contributed by atoms with Crippen molar-refractivity contribution in [1.82, 2.24) is 15.5 Å². The quantitative estimate of drug-likeness (QED) is 0.420. The lowest BCUT2D eigenvalue weighted by Crippen LogP contribution is -2.51. The second-order valence-corrected chi connectivity index (χ2v) is 10.3. The molecule has 3 N–H and O–H groups in total.